The van der Waals surface area contributed by atoms with Crippen molar-refractivity contribution < 1.29 is 18.7 Å². The molecule has 1 rings (SSSR count). The lowest BCUT2D eigenvalue weighted by molar-refractivity contribution is -0.141. The van der Waals surface area contributed by atoms with Crippen LogP contribution in [0.1, 0.15) is 24.9 Å². The summed E-state index contributed by atoms with van der Waals surface area (Å²) < 4.78 is 23.3. The molecule has 1 aromatic carbocycles. The fourth-order valence-corrected chi connectivity index (χ4v) is 1.73. The van der Waals surface area contributed by atoms with Gasteiger partial charge >= 0.3 is 5.97 Å². The number of ether oxygens (including phenoxy) is 2. The molecule has 0 spiro atoms. The highest BCUT2D eigenvalue weighted by molar-refractivity contribution is 6.32. The Kier molecular flexibility index (Phi) is 7.75. The van der Waals surface area contributed by atoms with Crippen LogP contribution in [0, 0.1) is 5.82 Å². The minimum absolute atomic E-state index is 0. The quantitative estimate of drug-likeness (QED) is 0.849. The number of nitrogens with two attached hydrogens (primary N) is 1. The van der Waals surface area contributed by atoms with Gasteiger partial charge in [0.05, 0.1) is 25.2 Å². The Morgan fingerprint density at radius 1 is 1.53 bits per heavy atom. The number of methoxy groups -OCH3 is 1. The predicted molar refractivity (Wildman–Crippen MR) is 73.4 cm³/mol. The first-order chi connectivity index (χ1) is 8.49. The number of esters is 1. The smallest absolute Gasteiger partial charge is 0.307 e. The van der Waals surface area contributed by atoms with E-state index in [0.717, 1.165) is 0 Å². The summed E-state index contributed by atoms with van der Waals surface area (Å²) in [6.45, 7) is 2.04. The van der Waals surface area contributed by atoms with Crippen molar-refractivity contribution in [3.05, 3.63) is 28.5 Å². The second-order valence-corrected chi connectivity index (χ2v) is 4.04. The van der Waals surface area contributed by atoms with E-state index in [1.54, 1.807) is 6.92 Å². The van der Waals surface area contributed by atoms with Gasteiger partial charge in [-0.15, -0.1) is 12.4 Å². The van der Waals surface area contributed by atoms with Gasteiger partial charge in [-0.05, 0) is 24.6 Å². The molecule has 0 saturated carbocycles. The lowest BCUT2D eigenvalue weighted by atomic mass is 10.0. The summed E-state index contributed by atoms with van der Waals surface area (Å²) in [5, 5.41) is 0.132. The first-order valence-corrected chi connectivity index (χ1v) is 5.81. The number of hydrogen-bond acceptors (Lipinski definition) is 4. The van der Waals surface area contributed by atoms with Gasteiger partial charge in [0.25, 0.3) is 0 Å². The molecule has 0 saturated heterocycles. The maximum absolute atomic E-state index is 13.7. The summed E-state index contributed by atoms with van der Waals surface area (Å²) in [5.41, 5.74) is 6.19. The van der Waals surface area contributed by atoms with Crippen LogP contribution in [-0.4, -0.2) is 19.7 Å². The number of halogens is 3. The molecule has 0 fully saturated rings. The molecule has 0 amide bonds. The number of rotatable bonds is 5. The molecule has 2 N–H and O–H groups in total. The van der Waals surface area contributed by atoms with E-state index < -0.39 is 17.8 Å². The van der Waals surface area contributed by atoms with Gasteiger partial charge in [-0.3, -0.25) is 4.79 Å². The third kappa shape index (κ3) is 4.86. The third-order valence-electron chi connectivity index (χ3n) is 2.35. The van der Waals surface area contributed by atoms with E-state index in [4.69, 9.17) is 22.1 Å². The Hall–Kier alpha value is -1.04. The Morgan fingerprint density at radius 3 is 2.63 bits per heavy atom. The highest BCUT2D eigenvalue weighted by Crippen LogP contribution is 2.31. The minimum atomic E-state index is -0.667. The lowest BCUT2D eigenvalue weighted by Crippen LogP contribution is -2.16. The Labute approximate surface area is 122 Å². The highest BCUT2D eigenvalue weighted by Gasteiger charge is 2.17. The Balaban J connectivity index is 0.00000324. The van der Waals surface area contributed by atoms with Gasteiger partial charge in [-0.25, -0.2) is 4.39 Å². The zero-order valence-electron chi connectivity index (χ0n) is 10.6. The van der Waals surface area contributed by atoms with Gasteiger partial charge in [0.2, 0.25) is 0 Å². The maximum Gasteiger partial charge on any atom is 0.307 e. The van der Waals surface area contributed by atoms with Crippen LogP contribution in [-0.2, 0) is 9.53 Å². The standard InChI is InChI=1S/C12H15ClFNO3.ClH/c1-3-18-12-8(13)4-7(5-9(12)14)10(15)6-11(16)17-2;/h4-5,10H,3,6,15H2,1-2H3;1H/t10-;/m1./s1. The summed E-state index contributed by atoms with van der Waals surface area (Å²) in [5.74, 6) is -1.07. The van der Waals surface area contributed by atoms with Crippen LogP contribution in [0.5, 0.6) is 5.75 Å². The molecule has 1 aromatic rings. The van der Waals surface area contributed by atoms with Gasteiger partial charge in [0.15, 0.2) is 11.6 Å². The number of carbonyl (C=O) groups is 1. The first kappa shape index (κ1) is 18.0. The lowest BCUT2D eigenvalue weighted by Gasteiger charge is -2.14. The van der Waals surface area contributed by atoms with Crippen molar-refractivity contribution in [2.45, 2.75) is 19.4 Å². The molecular weight excluding hydrogens is 296 g/mol. The molecular formula is C12H16Cl2FNO3. The van der Waals surface area contributed by atoms with Crippen LogP contribution in [0.2, 0.25) is 5.02 Å². The van der Waals surface area contributed by atoms with Crippen LogP contribution in [0.15, 0.2) is 12.1 Å². The fourth-order valence-electron chi connectivity index (χ4n) is 1.46. The van der Waals surface area contributed by atoms with Crippen LogP contribution < -0.4 is 10.5 Å². The molecule has 1 atom stereocenters. The predicted octanol–water partition coefficient (Wildman–Crippen LogP) is 2.86. The number of hydrogen-bond donors (Lipinski definition) is 1. The maximum atomic E-state index is 13.7. The second-order valence-electron chi connectivity index (χ2n) is 3.63. The Bertz CT molecular complexity index is 420. The molecule has 0 aliphatic carbocycles. The van der Waals surface area contributed by atoms with Gasteiger partial charge in [0.1, 0.15) is 0 Å². The van der Waals surface area contributed by atoms with Crippen molar-refractivity contribution in [1.82, 2.24) is 0 Å². The molecule has 19 heavy (non-hydrogen) atoms. The normalized spacial score (nSPS) is 11.4. The molecule has 7 heteroatoms. The van der Waals surface area contributed by atoms with Crippen molar-refractivity contribution in [3.8, 4) is 5.75 Å². The summed E-state index contributed by atoms with van der Waals surface area (Å²) in [7, 11) is 1.26. The molecule has 0 radical (unpaired) electrons. The van der Waals surface area contributed by atoms with Gasteiger partial charge < -0.3 is 15.2 Å². The molecule has 0 aromatic heterocycles. The van der Waals surface area contributed by atoms with Gasteiger partial charge in [-0.2, -0.15) is 0 Å². The molecule has 0 bridgehead atoms. The van der Waals surface area contributed by atoms with Crippen LogP contribution in [0.3, 0.4) is 0 Å². The van der Waals surface area contributed by atoms with Gasteiger partial charge in [0, 0.05) is 6.04 Å². The zero-order valence-corrected chi connectivity index (χ0v) is 12.2. The van der Waals surface area contributed by atoms with E-state index >= 15 is 0 Å². The second kappa shape index (κ2) is 8.19. The SMILES string of the molecule is CCOc1c(F)cc([C@H](N)CC(=O)OC)cc1Cl.Cl. The number of carbonyl (C=O) groups excluding carboxylic acids is 1. The topological polar surface area (TPSA) is 61.5 Å². The van der Waals surface area contributed by atoms with Crippen LogP contribution in [0.25, 0.3) is 0 Å². The highest BCUT2D eigenvalue weighted by atomic mass is 35.5. The third-order valence-corrected chi connectivity index (χ3v) is 2.63. The van der Waals surface area contributed by atoms with E-state index in [2.05, 4.69) is 4.74 Å². The summed E-state index contributed by atoms with van der Waals surface area (Å²) >= 11 is 5.89. The van der Waals surface area contributed by atoms with Gasteiger partial charge in [-0.1, -0.05) is 11.6 Å². The summed E-state index contributed by atoms with van der Waals surface area (Å²) in [6.07, 6.45) is -0.0414. The van der Waals surface area contributed by atoms with E-state index in [0.29, 0.717) is 12.2 Å². The van der Waals surface area contributed by atoms with Crippen molar-refractivity contribution in [1.29, 1.82) is 0 Å². The monoisotopic (exact) mass is 311 g/mol. The average Bonchev–Trinajstić information content (AvgIpc) is 2.33. The van der Waals surface area contributed by atoms with E-state index in [1.165, 1.54) is 19.2 Å². The summed E-state index contributed by atoms with van der Waals surface area (Å²) in [4.78, 5) is 11.1. The van der Waals surface area contributed by atoms with E-state index in [1.807, 2.05) is 0 Å². The molecule has 0 aliphatic heterocycles. The van der Waals surface area contributed by atoms with Crippen molar-refractivity contribution in [3.63, 3.8) is 0 Å². The zero-order chi connectivity index (χ0) is 13.7. The number of benzene rings is 1. The molecule has 0 aliphatic rings. The average molecular weight is 312 g/mol. The van der Waals surface area contributed by atoms with Crippen LogP contribution >= 0.6 is 24.0 Å². The molecule has 4 nitrogen and oxygen atoms in total. The molecule has 0 unspecified atom stereocenters. The van der Waals surface area contributed by atoms with E-state index in [9.17, 15) is 9.18 Å². The minimum Gasteiger partial charge on any atom is -0.489 e. The Morgan fingerprint density at radius 2 is 2.16 bits per heavy atom. The molecule has 108 valence electrons. The fraction of sp³-hybridized carbons (Fsp3) is 0.417. The largest absolute Gasteiger partial charge is 0.489 e. The van der Waals surface area contributed by atoms with Crippen molar-refractivity contribution in [2.24, 2.45) is 5.73 Å². The van der Waals surface area contributed by atoms with Crippen molar-refractivity contribution in [2.75, 3.05) is 13.7 Å². The van der Waals surface area contributed by atoms with E-state index in [-0.39, 0.29) is 29.6 Å². The van der Waals surface area contributed by atoms with Crippen LogP contribution in [0.4, 0.5) is 4.39 Å². The summed E-state index contributed by atoms with van der Waals surface area (Å²) in [6, 6.07) is 2.04. The molecule has 0 heterocycles. The first-order valence-electron chi connectivity index (χ1n) is 5.43. The van der Waals surface area contributed by atoms with Crippen molar-refractivity contribution >= 4 is 30.0 Å².